The van der Waals surface area contributed by atoms with Gasteiger partial charge in [-0.1, -0.05) is 96.3 Å². The summed E-state index contributed by atoms with van der Waals surface area (Å²) < 4.78 is 10.7. The van der Waals surface area contributed by atoms with Crippen molar-refractivity contribution in [3.63, 3.8) is 0 Å². The molecule has 0 spiro atoms. The monoisotopic (exact) mass is 324 g/mol. The molecule has 2 fully saturated rings. The number of rotatable bonds is 15. The van der Waals surface area contributed by atoms with Crippen LogP contribution in [0.2, 0.25) is 0 Å². The van der Waals surface area contributed by atoms with Crippen molar-refractivity contribution >= 4 is 0 Å². The molecule has 2 heteroatoms. The second-order valence-electron chi connectivity index (χ2n) is 7.86. The molecule has 1 aliphatic heterocycles. The maximum Gasteiger partial charge on any atom is 0.104 e. The van der Waals surface area contributed by atoms with Crippen molar-refractivity contribution in [1.82, 2.24) is 0 Å². The summed E-state index contributed by atoms with van der Waals surface area (Å²) in [5, 5.41) is 0. The minimum Gasteiger partial charge on any atom is -0.379 e. The van der Waals surface area contributed by atoms with Gasteiger partial charge in [-0.3, -0.25) is 0 Å². The number of hydrogen-bond donors (Lipinski definition) is 0. The third-order valence-corrected chi connectivity index (χ3v) is 5.58. The second kappa shape index (κ2) is 13.2. The van der Waals surface area contributed by atoms with Crippen molar-refractivity contribution in [2.24, 2.45) is 5.92 Å². The Labute approximate surface area is 144 Å². The fourth-order valence-corrected chi connectivity index (χ4v) is 3.91. The Morgan fingerprint density at radius 1 is 0.696 bits per heavy atom. The van der Waals surface area contributed by atoms with Crippen LogP contribution < -0.4 is 0 Å². The quantitative estimate of drug-likeness (QED) is 0.261. The van der Waals surface area contributed by atoms with Crippen molar-refractivity contribution in [3.8, 4) is 0 Å². The molecule has 1 heterocycles. The van der Waals surface area contributed by atoms with Gasteiger partial charge < -0.3 is 9.47 Å². The molecule has 23 heavy (non-hydrogen) atoms. The van der Waals surface area contributed by atoms with Crippen molar-refractivity contribution in [3.05, 3.63) is 0 Å². The van der Waals surface area contributed by atoms with Crippen LogP contribution in [0.4, 0.5) is 0 Å². The van der Waals surface area contributed by atoms with E-state index in [0.717, 1.165) is 25.7 Å². The van der Waals surface area contributed by atoms with Crippen molar-refractivity contribution in [2.45, 2.75) is 109 Å². The Balaban J connectivity index is 1.21. The maximum absolute atomic E-state index is 5.56. The summed E-state index contributed by atoms with van der Waals surface area (Å²) in [5.74, 6) is 1.09. The van der Waals surface area contributed by atoms with Crippen LogP contribution in [0, 0.1) is 5.92 Å². The molecule has 0 radical (unpaired) electrons. The molecule has 1 unspecified atom stereocenters. The van der Waals surface area contributed by atoms with Gasteiger partial charge in [-0.05, 0) is 12.3 Å². The Morgan fingerprint density at radius 2 is 1.26 bits per heavy atom. The predicted octanol–water partition coefficient (Wildman–Crippen LogP) is 6.27. The molecule has 0 N–H and O–H groups in total. The SMILES string of the molecule is C(CCCCCCC1CCCCC1)CCCCCOCC1CO1. The van der Waals surface area contributed by atoms with E-state index < -0.39 is 0 Å². The summed E-state index contributed by atoms with van der Waals surface area (Å²) in [7, 11) is 0. The van der Waals surface area contributed by atoms with Crippen LogP contribution in [0.25, 0.3) is 0 Å². The molecule has 1 aliphatic carbocycles. The first-order chi connectivity index (χ1) is 11.4. The molecule has 0 aromatic carbocycles. The smallest absolute Gasteiger partial charge is 0.104 e. The topological polar surface area (TPSA) is 21.8 Å². The summed E-state index contributed by atoms with van der Waals surface area (Å²) >= 11 is 0. The number of unbranched alkanes of at least 4 members (excludes halogenated alkanes) is 9. The maximum atomic E-state index is 5.56. The van der Waals surface area contributed by atoms with E-state index in [1.165, 1.54) is 103 Å². The Hall–Kier alpha value is -0.0800. The molecule has 0 amide bonds. The van der Waals surface area contributed by atoms with Gasteiger partial charge in [0.25, 0.3) is 0 Å². The van der Waals surface area contributed by atoms with Crippen LogP contribution >= 0.6 is 0 Å². The van der Waals surface area contributed by atoms with Crippen LogP contribution in [-0.2, 0) is 9.47 Å². The summed E-state index contributed by atoms with van der Waals surface area (Å²) in [6.07, 6.45) is 23.7. The molecule has 1 saturated carbocycles. The minimum atomic E-state index is 0.428. The van der Waals surface area contributed by atoms with Crippen molar-refractivity contribution < 1.29 is 9.47 Å². The Bertz CT molecular complexity index is 257. The molecule has 1 atom stereocenters. The summed E-state index contributed by atoms with van der Waals surface area (Å²) in [5.41, 5.74) is 0. The number of epoxide rings is 1. The van der Waals surface area contributed by atoms with Gasteiger partial charge in [0, 0.05) is 6.61 Å². The molecular formula is C21H40O2. The Kier molecular flexibility index (Phi) is 11.1. The lowest BCUT2D eigenvalue weighted by Crippen LogP contribution is -2.05. The van der Waals surface area contributed by atoms with Crippen molar-refractivity contribution in [2.75, 3.05) is 19.8 Å². The average Bonchev–Trinajstić information content (AvgIpc) is 3.40. The largest absolute Gasteiger partial charge is 0.379 e. The van der Waals surface area contributed by atoms with Gasteiger partial charge in [0.1, 0.15) is 6.10 Å². The van der Waals surface area contributed by atoms with Gasteiger partial charge in [0.05, 0.1) is 13.2 Å². The number of ether oxygens (including phenoxy) is 2. The normalized spacial score (nSPS) is 21.7. The van der Waals surface area contributed by atoms with Crippen LogP contribution in [0.15, 0.2) is 0 Å². The first kappa shape index (κ1) is 19.2. The molecular weight excluding hydrogens is 284 g/mol. The van der Waals surface area contributed by atoms with Gasteiger partial charge in [-0.25, -0.2) is 0 Å². The summed E-state index contributed by atoms with van der Waals surface area (Å²) in [6.45, 7) is 2.67. The lowest BCUT2D eigenvalue weighted by atomic mass is 9.85. The highest BCUT2D eigenvalue weighted by molar-refractivity contribution is 4.67. The molecule has 0 bridgehead atoms. The number of hydrogen-bond acceptors (Lipinski definition) is 2. The van der Waals surface area contributed by atoms with Gasteiger partial charge in [-0.15, -0.1) is 0 Å². The lowest BCUT2D eigenvalue weighted by molar-refractivity contribution is 0.113. The van der Waals surface area contributed by atoms with E-state index in [1.807, 2.05) is 0 Å². The third kappa shape index (κ3) is 11.2. The molecule has 2 aliphatic rings. The molecule has 1 saturated heterocycles. The van der Waals surface area contributed by atoms with Gasteiger partial charge in [0.2, 0.25) is 0 Å². The standard InChI is InChI=1S/C21H40O2/c1(2-4-6-8-13-17-22-18-21-19-23-21)3-5-7-10-14-20-15-11-9-12-16-20/h20-21H,1-19H2. The van der Waals surface area contributed by atoms with E-state index in [1.54, 1.807) is 0 Å². The predicted molar refractivity (Wildman–Crippen MR) is 97.9 cm³/mol. The molecule has 0 aromatic heterocycles. The highest BCUT2D eigenvalue weighted by Crippen LogP contribution is 2.28. The van der Waals surface area contributed by atoms with Crippen LogP contribution in [0.3, 0.4) is 0 Å². The van der Waals surface area contributed by atoms with E-state index >= 15 is 0 Å². The van der Waals surface area contributed by atoms with E-state index in [-0.39, 0.29) is 0 Å². The van der Waals surface area contributed by atoms with Crippen LogP contribution in [-0.4, -0.2) is 25.9 Å². The van der Waals surface area contributed by atoms with E-state index in [4.69, 9.17) is 9.47 Å². The second-order valence-corrected chi connectivity index (χ2v) is 7.86. The molecule has 0 aromatic rings. The zero-order valence-corrected chi connectivity index (χ0v) is 15.4. The van der Waals surface area contributed by atoms with Crippen molar-refractivity contribution in [1.29, 1.82) is 0 Å². The van der Waals surface area contributed by atoms with Gasteiger partial charge in [-0.2, -0.15) is 0 Å². The third-order valence-electron chi connectivity index (χ3n) is 5.58. The van der Waals surface area contributed by atoms with E-state index in [2.05, 4.69) is 0 Å². The minimum absolute atomic E-state index is 0.428. The highest BCUT2D eigenvalue weighted by atomic mass is 16.6. The summed E-state index contributed by atoms with van der Waals surface area (Å²) in [6, 6.07) is 0. The molecule has 136 valence electrons. The van der Waals surface area contributed by atoms with Gasteiger partial charge >= 0.3 is 0 Å². The lowest BCUT2D eigenvalue weighted by Gasteiger charge is -2.21. The Morgan fingerprint density at radius 3 is 1.87 bits per heavy atom. The first-order valence-electron chi connectivity index (χ1n) is 10.6. The fraction of sp³-hybridized carbons (Fsp3) is 1.00. The highest BCUT2D eigenvalue weighted by Gasteiger charge is 2.21. The van der Waals surface area contributed by atoms with Crippen LogP contribution in [0.1, 0.15) is 103 Å². The zero-order valence-electron chi connectivity index (χ0n) is 15.4. The molecule has 2 rings (SSSR count). The van der Waals surface area contributed by atoms with Gasteiger partial charge in [0.15, 0.2) is 0 Å². The summed E-state index contributed by atoms with van der Waals surface area (Å²) in [4.78, 5) is 0. The van der Waals surface area contributed by atoms with E-state index in [0.29, 0.717) is 6.10 Å². The zero-order chi connectivity index (χ0) is 16.0. The first-order valence-corrected chi connectivity index (χ1v) is 10.6. The van der Waals surface area contributed by atoms with E-state index in [9.17, 15) is 0 Å². The van der Waals surface area contributed by atoms with Crippen LogP contribution in [0.5, 0.6) is 0 Å². The molecule has 2 nitrogen and oxygen atoms in total. The average molecular weight is 325 g/mol. The fourth-order valence-electron chi connectivity index (χ4n) is 3.91.